The van der Waals surface area contributed by atoms with E-state index in [4.69, 9.17) is 16.3 Å². The van der Waals surface area contributed by atoms with Crippen molar-refractivity contribution in [3.63, 3.8) is 0 Å². The Morgan fingerprint density at radius 3 is 2.63 bits per heavy atom. The lowest BCUT2D eigenvalue weighted by Crippen LogP contribution is -2.37. The molecule has 2 saturated heterocycles. The van der Waals surface area contributed by atoms with Gasteiger partial charge in [-0.2, -0.15) is 4.99 Å². The van der Waals surface area contributed by atoms with Crippen molar-refractivity contribution in [1.82, 2.24) is 4.90 Å². The first-order valence-electron chi connectivity index (χ1n) is 9.46. The predicted molar refractivity (Wildman–Crippen MR) is 120 cm³/mol. The molecule has 1 amide bonds. The summed E-state index contributed by atoms with van der Waals surface area (Å²) in [6.45, 7) is 0.415. The van der Waals surface area contributed by atoms with E-state index in [0.29, 0.717) is 16.7 Å². The molecule has 0 aromatic heterocycles. The summed E-state index contributed by atoms with van der Waals surface area (Å²) in [4.78, 5) is 18.9. The van der Waals surface area contributed by atoms with Crippen LogP contribution in [-0.2, 0) is 27.6 Å². The lowest BCUT2D eigenvalue weighted by Gasteiger charge is -2.25. The summed E-state index contributed by atoms with van der Waals surface area (Å²) in [5, 5.41) is 1.05. The third kappa shape index (κ3) is 4.66. The van der Waals surface area contributed by atoms with Crippen LogP contribution in [0.4, 0.5) is 0 Å². The molecule has 158 valence electrons. The number of carbonyl (C=O) groups excluding carboxylic acids is 1. The van der Waals surface area contributed by atoms with E-state index in [1.54, 1.807) is 25.3 Å². The number of amides is 1. The molecule has 2 aliphatic heterocycles. The first-order chi connectivity index (χ1) is 14.3. The van der Waals surface area contributed by atoms with E-state index in [1.807, 2.05) is 35.2 Å². The third-order valence-corrected chi connectivity index (χ3v) is 8.82. The summed E-state index contributed by atoms with van der Waals surface area (Å²) in [5.74, 6) is 0.631. The van der Waals surface area contributed by atoms with Crippen LogP contribution in [0.5, 0.6) is 5.75 Å². The number of amidine groups is 1. The molecule has 4 rings (SSSR count). The number of thioether (sulfide) groups is 1. The molecule has 0 N–H and O–H groups in total. The summed E-state index contributed by atoms with van der Waals surface area (Å²) in [6.07, 6.45) is 0.168. The second-order valence-corrected chi connectivity index (χ2v) is 11.1. The smallest absolute Gasteiger partial charge is 0.252 e. The van der Waals surface area contributed by atoms with Crippen LogP contribution in [0, 0.1) is 0 Å². The SMILES string of the molecule is COc1ccc(CC(=O)N=C2S[C@H]3CS(=O)(=O)C[C@H]3N2Cc2ccccc2Cl)cc1. The average Bonchev–Trinajstić information content (AvgIpc) is 3.16. The van der Waals surface area contributed by atoms with Crippen molar-refractivity contribution in [3.05, 3.63) is 64.7 Å². The highest BCUT2D eigenvalue weighted by Gasteiger charge is 2.48. The van der Waals surface area contributed by atoms with Crippen LogP contribution < -0.4 is 4.74 Å². The zero-order valence-corrected chi connectivity index (χ0v) is 18.7. The van der Waals surface area contributed by atoms with Crippen LogP contribution in [0.3, 0.4) is 0 Å². The quantitative estimate of drug-likeness (QED) is 0.676. The molecule has 0 radical (unpaired) electrons. The molecule has 6 nitrogen and oxygen atoms in total. The number of nitrogens with zero attached hydrogens (tertiary/aromatic N) is 2. The molecule has 0 bridgehead atoms. The van der Waals surface area contributed by atoms with Crippen LogP contribution in [0.2, 0.25) is 5.02 Å². The average molecular weight is 465 g/mol. The van der Waals surface area contributed by atoms with Crippen molar-refractivity contribution in [2.45, 2.75) is 24.3 Å². The summed E-state index contributed by atoms with van der Waals surface area (Å²) >= 11 is 7.69. The Bertz CT molecular complexity index is 1090. The maximum Gasteiger partial charge on any atom is 0.252 e. The van der Waals surface area contributed by atoms with Gasteiger partial charge in [0.15, 0.2) is 15.0 Å². The Hall–Kier alpha value is -2.03. The summed E-state index contributed by atoms with van der Waals surface area (Å²) in [5.41, 5.74) is 1.72. The molecule has 0 aliphatic carbocycles. The fourth-order valence-corrected chi connectivity index (χ4v) is 7.86. The molecular weight excluding hydrogens is 444 g/mol. The molecule has 0 saturated carbocycles. The Labute approximate surface area is 185 Å². The molecule has 0 spiro atoms. The standard InChI is InChI=1S/C21H21ClN2O4S2/c1-28-16-8-6-14(7-9-16)10-20(25)23-21-24(11-15-4-2-3-5-17(15)22)18-12-30(26,27)13-19(18)29-21/h2-9,18-19H,10-13H2,1H3/t18-,19+/m1/s1. The number of aliphatic imine (C=N–C) groups is 1. The number of fused-ring (bicyclic) bond motifs is 1. The number of hydrogen-bond donors (Lipinski definition) is 0. The number of rotatable bonds is 5. The molecule has 2 aromatic rings. The number of ether oxygens (including phenoxy) is 1. The first kappa shape index (κ1) is 21.2. The predicted octanol–water partition coefficient (Wildman–Crippen LogP) is 3.19. The summed E-state index contributed by atoms with van der Waals surface area (Å²) in [6, 6.07) is 14.5. The van der Waals surface area contributed by atoms with E-state index < -0.39 is 9.84 Å². The number of sulfone groups is 1. The lowest BCUT2D eigenvalue weighted by molar-refractivity contribution is -0.117. The van der Waals surface area contributed by atoms with Gasteiger partial charge in [0.1, 0.15) is 5.75 Å². The zero-order chi connectivity index (χ0) is 21.3. The Morgan fingerprint density at radius 1 is 1.20 bits per heavy atom. The number of methoxy groups -OCH3 is 1. The largest absolute Gasteiger partial charge is 0.497 e. The molecule has 2 aromatic carbocycles. The number of carbonyl (C=O) groups is 1. The van der Waals surface area contributed by atoms with Crippen molar-refractivity contribution in [2.24, 2.45) is 4.99 Å². The minimum atomic E-state index is -3.10. The van der Waals surface area contributed by atoms with E-state index in [2.05, 4.69) is 4.99 Å². The van der Waals surface area contributed by atoms with E-state index in [1.165, 1.54) is 11.8 Å². The fourth-order valence-electron chi connectivity index (χ4n) is 3.69. The van der Waals surface area contributed by atoms with Gasteiger partial charge in [0, 0.05) is 16.8 Å². The molecule has 0 unspecified atom stereocenters. The Balaban J connectivity index is 1.56. The van der Waals surface area contributed by atoms with E-state index in [-0.39, 0.29) is 35.1 Å². The van der Waals surface area contributed by atoms with Gasteiger partial charge in [-0.25, -0.2) is 8.42 Å². The van der Waals surface area contributed by atoms with Crippen LogP contribution in [0.15, 0.2) is 53.5 Å². The van der Waals surface area contributed by atoms with Gasteiger partial charge in [-0.1, -0.05) is 53.7 Å². The maximum atomic E-state index is 12.6. The monoisotopic (exact) mass is 464 g/mol. The van der Waals surface area contributed by atoms with Gasteiger partial charge in [0.2, 0.25) is 0 Å². The Kier molecular flexibility index (Phi) is 6.09. The molecule has 9 heteroatoms. The summed E-state index contributed by atoms with van der Waals surface area (Å²) < 4.78 is 29.4. The number of halogens is 1. The normalized spacial score (nSPS) is 23.5. The van der Waals surface area contributed by atoms with Crippen molar-refractivity contribution in [2.75, 3.05) is 18.6 Å². The van der Waals surface area contributed by atoms with E-state index in [0.717, 1.165) is 16.9 Å². The van der Waals surface area contributed by atoms with Gasteiger partial charge in [0.25, 0.3) is 5.91 Å². The highest BCUT2D eigenvalue weighted by Crippen LogP contribution is 2.39. The Morgan fingerprint density at radius 2 is 1.93 bits per heavy atom. The van der Waals surface area contributed by atoms with Crippen molar-refractivity contribution in [3.8, 4) is 5.75 Å². The van der Waals surface area contributed by atoms with Crippen molar-refractivity contribution < 1.29 is 17.9 Å². The van der Waals surface area contributed by atoms with Gasteiger partial charge >= 0.3 is 0 Å². The maximum absolute atomic E-state index is 12.6. The first-order valence-corrected chi connectivity index (χ1v) is 12.5. The minimum absolute atomic E-state index is 0.0702. The van der Waals surface area contributed by atoms with Gasteiger partial charge in [0.05, 0.1) is 31.1 Å². The highest BCUT2D eigenvalue weighted by atomic mass is 35.5. The lowest BCUT2D eigenvalue weighted by atomic mass is 10.1. The molecular formula is C21H21ClN2O4S2. The van der Waals surface area contributed by atoms with Gasteiger partial charge < -0.3 is 9.64 Å². The molecule has 2 atom stereocenters. The summed E-state index contributed by atoms with van der Waals surface area (Å²) in [7, 11) is -1.50. The van der Waals surface area contributed by atoms with Crippen LogP contribution >= 0.6 is 23.4 Å². The van der Waals surface area contributed by atoms with Crippen molar-refractivity contribution >= 4 is 44.3 Å². The van der Waals surface area contributed by atoms with Crippen molar-refractivity contribution in [1.29, 1.82) is 0 Å². The second-order valence-electron chi connectivity index (χ2n) is 7.33. The molecule has 2 fully saturated rings. The van der Waals surface area contributed by atoms with E-state index in [9.17, 15) is 13.2 Å². The van der Waals surface area contributed by atoms with Crippen LogP contribution in [-0.4, -0.2) is 54.3 Å². The number of hydrogen-bond acceptors (Lipinski definition) is 5. The second kappa shape index (κ2) is 8.61. The fraction of sp³-hybridized carbons (Fsp3) is 0.333. The minimum Gasteiger partial charge on any atom is -0.497 e. The van der Waals surface area contributed by atoms with E-state index >= 15 is 0 Å². The van der Waals surface area contributed by atoms with Gasteiger partial charge in [-0.15, -0.1) is 0 Å². The topological polar surface area (TPSA) is 76.0 Å². The van der Waals surface area contributed by atoms with Crippen LogP contribution in [0.1, 0.15) is 11.1 Å². The van der Waals surface area contributed by atoms with Gasteiger partial charge in [-0.05, 0) is 29.3 Å². The molecule has 2 aliphatic rings. The zero-order valence-electron chi connectivity index (χ0n) is 16.3. The van der Waals surface area contributed by atoms with Gasteiger partial charge in [-0.3, -0.25) is 4.79 Å². The number of benzene rings is 2. The van der Waals surface area contributed by atoms with Crippen LogP contribution in [0.25, 0.3) is 0 Å². The third-order valence-electron chi connectivity index (χ3n) is 5.21. The highest BCUT2D eigenvalue weighted by molar-refractivity contribution is 8.15. The molecule has 2 heterocycles. The molecule has 30 heavy (non-hydrogen) atoms.